The van der Waals surface area contributed by atoms with Crippen LogP contribution < -0.4 is 19.0 Å². The summed E-state index contributed by atoms with van der Waals surface area (Å²) < 4.78 is 14.7. The Bertz CT molecular complexity index is 880. The first-order chi connectivity index (χ1) is 12.7. The molecule has 2 aromatic carbocycles. The summed E-state index contributed by atoms with van der Waals surface area (Å²) in [7, 11) is 0. The fourth-order valence-corrected chi connectivity index (χ4v) is 7.25. The van der Waals surface area contributed by atoms with E-state index in [1.165, 1.54) is 20.6 Å². The molecule has 0 spiro atoms. The third kappa shape index (κ3) is 4.25. The zero-order valence-corrected chi connectivity index (χ0v) is 20.1. The number of rotatable bonds is 5. The molecule has 148 valence electrons. The van der Waals surface area contributed by atoms with Crippen molar-refractivity contribution < 1.29 is 37.7 Å². The predicted octanol–water partition coefficient (Wildman–Crippen LogP) is 3.86. The van der Waals surface area contributed by atoms with E-state index >= 15 is 0 Å². The fourth-order valence-electron chi connectivity index (χ4n) is 3.67. The van der Waals surface area contributed by atoms with Gasteiger partial charge in [0, 0.05) is 0 Å². The van der Waals surface area contributed by atoms with Crippen LogP contribution in [0.25, 0.3) is 0 Å². The van der Waals surface area contributed by atoms with Gasteiger partial charge in [0.2, 0.25) is 0 Å². The normalized spacial score (nSPS) is 15.4. The largest absolute Gasteiger partial charge is 1.00 e. The van der Waals surface area contributed by atoms with Gasteiger partial charge in [-0.1, -0.05) is 0 Å². The topological polar surface area (TPSA) is 18.5 Å². The Morgan fingerprint density at radius 3 is 1.46 bits per heavy atom. The van der Waals surface area contributed by atoms with E-state index in [-0.39, 0.29) is 17.8 Å². The van der Waals surface area contributed by atoms with Crippen LogP contribution in [-0.2, 0) is 18.6 Å². The molecule has 3 rings (SSSR count). The molecule has 2 nitrogen and oxygen atoms in total. The third-order valence-corrected chi connectivity index (χ3v) is 9.32. The van der Waals surface area contributed by atoms with Gasteiger partial charge in [0.25, 0.3) is 0 Å². The van der Waals surface area contributed by atoms with Crippen LogP contribution in [0, 0.1) is 19.3 Å². The second-order valence-corrected chi connectivity index (χ2v) is 10.2. The molecule has 0 saturated heterocycles. The SMILES string of the molecule is CC1=C(C)C(C)(C)[C]([Ti+]([O]c2ccccc2C)[O]c2ccccc2C)=C1C.[Cl-]. The summed E-state index contributed by atoms with van der Waals surface area (Å²) in [6, 6.07) is 16.4. The van der Waals surface area contributed by atoms with Gasteiger partial charge in [-0.05, 0) is 0 Å². The Labute approximate surface area is 182 Å². The number of benzene rings is 2. The van der Waals surface area contributed by atoms with Gasteiger partial charge in [0.1, 0.15) is 0 Å². The maximum absolute atomic E-state index is 6.65. The Balaban J connectivity index is 0.00000280. The van der Waals surface area contributed by atoms with Crippen LogP contribution in [0.2, 0.25) is 0 Å². The first kappa shape index (κ1) is 22.8. The van der Waals surface area contributed by atoms with E-state index in [0.29, 0.717) is 0 Å². The summed E-state index contributed by atoms with van der Waals surface area (Å²) in [5.74, 6) is 1.86. The van der Waals surface area contributed by atoms with E-state index in [4.69, 9.17) is 6.64 Å². The van der Waals surface area contributed by atoms with Crippen LogP contribution in [0.15, 0.2) is 69.1 Å². The van der Waals surface area contributed by atoms with E-state index in [1.807, 2.05) is 24.3 Å². The minimum atomic E-state index is -2.57. The molecule has 0 amide bonds. The van der Waals surface area contributed by atoms with Crippen LogP contribution in [0.5, 0.6) is 11.5 Å². The second kappa shape index (κ2) is 8.90. The van der Waals surface area contributed by atoms with Crippen LogP contribution in [0.4, 0.5) is 0 Å². The molecule has 0 aromatic heterocycles. The Kier molecular flexibility index (Phi) is 7.25. The van der Waals surface area contributed by atoms with E-state index in [0.717, 1.165) is 22.6 Å². The first-order valence-electron chi connectivity index (χ1n) is 9.47. The van der Waals surface area contributed by atoms with Crippen LogP contribution in [0.1, 0.15) is 45.7 Å². The summed E-state index contributed by atoms with van der Waals surface area (Å²) in [5, 5.41) is 0. The Morgan fingerprint density at radius 1 is 0.679 bits per heavy atom. The first-order valence-corrected chi connectivity index (χ1v) is 11.5. The van der Waals surface area contributed by atoms with Crippen molar-refractivity contribution in [3.8, 4) is 11.5 Å². The predicted molar refractivity (Wildman–Crippen MR) is 108 cm³/mol. The van der Waals surface area contributed by atoms with E-state index < -0.39 is 18.6 Å². The molecule has 0 aliphatic heterocycles. The van der Waals surface area contributed by atoms with Gasteiger partial charge in [-0.25, -0.2) is 0 Å². The zero-order chi connectivity index (χ0) is 19.8. The monoisotopic (exact) mass is 432 g/mol. The van der Waals surface area contributed by atoms with Crippen LogP contribution in [-0.4, -0.2) is 0 Å². The number of hydrogen-bond donors (Lipinski definition) is 0. The third-order valence-electron chi connectivity index (χ3n) is 5.86. The smallest absolute Gasteiger partial charge is 1.00 e. The van der Waals surface area contributed by atoms with Crippen molar-refractivity contribution in [2.45, 2.75) is 48.5 Å². The van der Waals surface area contributed by atoms with E-state index in [2.05, 4.69) is 72.7 Å². The summed E-state index contributed by atoms with van der Waals surface area (Å²) in [4.78, 5) is 0. The second-order valence-electron chi connectivity index (χ2n) is 7.90. The quantitative estimate of drug-likeness (QED) is 0.668. The van der Waals surface area contributed by atoms with Crippen molar-refractivity contribution in [3.63, 3.8) is 0 Å². The average Bonchev–Trinajstić information content (AvgIpc) is 2.78. The van der Waals surface area contributed by atoms with Crippen molar-refractivity contribution in [1.29, 1.82) is 0 Å². The molecule has 0 heterocycles. The maximum atomic E-state index is 6.65. The summed E-state index contributed by atoms with van der Waals surface area (Å²) in [6.07, 6.45) is 0. The number of allylic oxidation sites excluding steroid dienone is 4. The van der Waals surface area contributed by atoms with E-state index in [9.17, 15) is 0 Å². The molecule has 0 radical (unpaired) electrons. The molecular formula is C24H29ClO2Ti. The molecule has 28 heavy (non-hydrogen) atoms. The molecule has 1 aliphatic rings. The van der Waals surface area contributed by atoms with Gasteiger partial charge < -0.3 is 12.4 Å². The van der Waals surface area contributed by atoms with Gasteiger partial charge in [0.05, 0.1) is 0 Å². The zero-order valence-electron chi connectivity index (χ0n) is 17.8. The molecule has 0 N–H and O–H groups in total. The minimum Gasteiger partial charge on any atom is -1.00 e. The number of aryl methyl sites for hydroxylation is 2. The molecular weight excluding hydrogens is 404 g/mol. The fraction of sp³-hybridized carbons (Fsp3) is 0.333. The van der Waals surface area contributed by atoms with Crippen molar-refractivity contribution in [1.82, 2.24) is 0 Å². The van der Waals surface area contributed by atoms with E-state index in [1.54, 1.807) is 0 Å². The van der Waals surface area contributed by atoms with Gasteiger partial charge in [-0.2, -0.15) is 0 Å². The number of halogens is 1. The van der Waals surface area contributed by atoms with Crippen molar-refractivity contribution in [2.24, 2.45) is 5.41 Å². The van der Waals surface area contributed by atoms with Gasteiger partial charge in [0.15, 0.2) is 0 Å². The molecule has 0 atom stereocenters. The van der Waals surface area contributed by atoms with Crippen LogP contribution >= 0.6 is 0 Å². The van der Waals surface area contributed by atoms with Crippen molar-refractivity contribution >= 4 is 0 Å². The van der Waals surface area contributed by atoms with Gasteiger partial charge >= 0.3 is 171 Å². The molecule has 0 bridgehead atoms. The minimum absolute atomic E-state index is 0. The number of para-hydroxylation sites is 2. The molecule has 0 unspecified atom stereocenters. The standard InChI is InChI=1S/C10H15.2C7H8O.ClH.Ti/c1-7-6-10(4,5)9(3)8(7)2;2*1-6-4-2-3-5-7(6)8;;/h1-5H3;2*2-5,8H,1H3;1H;/q;;;;+3/p-3. The number of hydrogen-bond acceptors (Lipinski definition) is 2. The molecule has 0 fully saturated rings. The summed E-state index contributed by atoms with van der Waals surface area (Å²) in [6.45, 7) is 15.5. The summed E-state index contributed by atoms with van der Waals surface area (Å²) >= 11 is -2.57. The Hall–Kier alpha value is -1.48. The molecule has 0 saturated carbocycles. The van der Waals surface area contributed by atoms with Gasteiger partial charge in [-0.3, -0.25) is 0 Å². The maximum Gasteiger partial charge on any atom is -1.00 e. The van der Waals surface area contributed by atoms with Crippen molar-refractivity contribution in [2.75, 3.05) is 0 Å². The van der Waals surface area contributed by atoms with Gasteiger partial charge in [-0.15, -0.1) is 0 Å². The van der Waals surface area contributed by atoms with Crippen LogP contribution in [0.3, 0.4) is 0 Å². The Morgan fingerprint density at radius 2 is 1.11 bits per heavy atom. The molecule has 1 aliphatic carbocycles. The average molecular weight is 433 g/mol. The summed E-state index contributed by atoms with van der Waals surface area (Å²) in [5.41, 5.74) is 6.39. The molecule has 2 aromatic rings. The van der Waals surface area contributed by atoms with Crippen molar-refractivity contribution in [3.05, 3.63) is 80.3 Å². The molecule has 4 heteroatoms.